The molecule has 0 spiro atoms. The predicted octanol–water partition coefficient (Wildman–Crippen LogP) is 4.47. The van der Waals surface area contributed by atoms with Gasteiger partial charge in [0.25, 0.3) is 5.91 Å². The van der Waals surface area contributed by atoms with Gasteiger partial charge in [-0.2, -0.15) is 26.3 Å². The quantitative estimate of drug-likeness (QED) is 0.641. The Bertz CT molecular complexity index is 938. The van der Waals surface area contributed by atoms with Gasteiger partial charge in [0.1, 0.15) is 5.75 Å². The van der Waals surface area contributed by atoms with Gasteiger partial charge in [0.15, 0.2) is 6.61 Å². The van der Waals surface area contributed by atoms with Crippen LogP contribution in [-0.4, -0.2) is 25.0 Å². The van der Waals surface area contributed by atoms with E-state index in [4.69, 9.17) is 4.74 Å². The summed E-state index contributed by atoms with van der Waals surface area (Å²) in [5.41, 5.74) is -0.819. The first-order chi connectivity index (χ1) is 14.3. The molecule has 0 aromatic heterocycles. The Morgan fingerprint density at radius 3 is 2.03 bits per heavy atom. The van der Waals surface area contributed by atoms with Gasteiger partial charge in [-0.05, 0) is 49.2 Å². The van der Waals surface area contributed by atoms with Gasteiger partial charge in [0, 0.05) is 5.69 Å². The molecule has 0 saturated heterocycles. The number of ether oxygens (including phenoxy) is 1. The number of hydrogen-bond donors (Lipinski definition) is 2. The molecule has 0 bridgehead atoms. The second-order valence-corrected chi connectivity index (χ2v) is 6.60. The molecule has 2 N–H and O–H groups in total. The summed E-state index contributed by atoms with van der Waals surface area (Å²) in [5, 5.41) is 4.76. The van der Waals surface area contributed by atoms with E-state index in [1.54, 1.807) is 19.1 Å². The zero-order valence-electron chi connectivity index (χ0n) is 16.4. The van der Waals surface area contributed by atoms with E-state index < -0.39 is 54.2 Å². The van der Waals surface area contributed by atoms with Gasteiger partial charge in [0.2, 0.25) is 5.91 Å². The van der Waals surface area contributed by atoms with Crippen molar-refractivity contribution in [1.29, 1.82) is 0 Å². The number of aryl methyl sites for hydroxylation is 1. The fourth-order valence-electron chi connectivity index (χ4n) is 2.47. The highest BCUT2D eigenvalue weighted by molar-refractivity contribution is 5.95. The number of benzene rings is 2. The zero-order valence-corrected chi connectivity index (χ0v) is 16.4. The maximum absolute atomic E-state index is 12.8. The minimum atomic E-state index is -5.03. The van der Waals surface area contributed by atoms with Crippen molar-refractivity contribution in [2.24, 2.45) is 0 Å². The summed E-state index contributed by atoms with van der Waals surface area (Å²) in [6.07, 6.45) is -10.1. The van der Waals surface area contributed by atoms with Crippen LogP contribution in [0.2, 0.25) is 0 Å². The van der Waals surface area contributed by atoms with E-state index in [2.05, 4.69) is 10.6 Å². The smallest absolute Gasteiger partial charge is 0.416 e. The number of carbonyl (C=O) groups is 2. The number of nitrogens with one attached hydrogen (secondary N) is 2. The molecule has 2 amide bonds. The third kappa shape index (κ3) is 6.90. The van der Waals surface area contributed by atoms with Crippen LogP contribution in [-0.2, 0) is 21.9 Å². The molecule has 0 radical (unpaired) electrons. The van der Waals surface area contributed by atoms with Crippen LogP contribution < -0.4 is 15.4 Å². The minimum Gasteiger partial charge on any atom is -0.484 e. The van der Waals surface area contributed by atoms with Crippen molar-refractivity contribution in [2.75, 3.05) is 18.5 Å². The van der Waals surface area contributed by atoms with Crippen LogP contribution in [0.15, 0.2) is 36.4 Å². The van der Waals surface area contributed by atoms with E-state index in [1.165, 1.54) is 0 Å². The summed E-state index contributed by atoms with van der Waals surface area (Å²) in [4.78, 5) is 23.7. The molecule has 11 heteroatoms. The van der Waals surface area contributed by atoms with Crippen molar-refractivity contribution in [1.82, 2.24) is 5.32 Å². The number of halogens is 6. The summed E-state index contributed by atoms with van der Waals surface area (Å²) in [7, 11) is 0. The summed E-state index contributed by atoms with van der Waals surface area (Å²) in [5.74, 6) is -2.25. The van der Waals surface area contributed by atoms with Gasteiger partial charge in [-0.25, -0.2) is 0 Å². The monoisotopic (exact) mass is 448 g/mol. The van der Waals surface area contributed by atoms with Crippen molar-refractivity contribution in [2.45, 2.75) is 26.2 Å². The molecule has 0 atom stereocenters. The molecule has 0 aliphatic heterocycles. The van der Waals surface area contributed by atoms with Gasteiger partial charge in [-0.3, -0.25) is 9.59 Å². The number of anilines is 1. The molecule has 0 saturated carbocycles. The molecule has 0 aliphatic rings. The first-order valence-corrected chi connectivity index (χ1v) is 8.82. The lowest BCUT2D eigenvalue weighted by Crippen LogP contribution is -2.36. The van der Waals surface area contributed by atoms with Crippen molar-refractivity contribution in [3.8, 4) is 5.75 Å². The predicted molar refractivity (Wildman–Crippen MR) is 99.5 cm³/mol. The van der Waals surface area contributed by atoms with E-state index in [1.807, 2.05) is 13.0 Å². The Kier molecular flexibility index (Phi) is 7.19. The molecule has 0 fully saturated rings. The van der Waals surface area contributed by atoms with Gasteiger partial charge in [0.05, 0.1) is 17.7 Å². The van der Waals surface area contributed by atoms with E-state index in [0.717, 1.165) is 11.1 Å². The normalized spacial score (nSPS) is 11.7. The van der Waals surface area contributed by atoms with Crippen LogP contribution >= 0.6 is 0 Å². The summed E-state index contributed by atoms with van der Waals surface area (Å²) in [6, 6.07) is 5.91. The maximum atomic E-state index is 12.8. The summed E-state index contributed by atoms with van der Waals surface area (Å²) >= 11 is 0. The van der Waals surface area contributed by atoms with Crippen molar-refractivity contribution in [3.05, 3.63) is 58.7 Å². The largest absolute Gasteiger partial charge is 0.484 e. The third-order valence-corrected chi connectivity index (χ3v) is 4.26. The lowest BCUT2D eigenvalue weighted by molar-refractivity contribution is -0.143. The van der Waals surface area contributed by atoms with Crippen LogP contribution in [0.5, 0.6) is 5.75 Å². The Hall–Kier alpha value is -3.24. The summed E-state index contributed by atoms with van der Waals surface area (Å²) < 4.78 is 81.8. The molecule has 2 aromatic rings. The minimum absolute atomic E-state index is 0.0510. The van der Waals surface area contributed by atoms with Crippen LogP contribution in [0.3, 0.4) is 0 Å². The molecule has 31 heavy (non-hydrogen) atoms. The highest BCUT2D eigenvalue weighted by Crippen LogP contribution is 2.38. The number of alkyl halides is 6. The molecule has 2 aromatic carbocycles. The fraction of sp³-hybridized carbons (Fsp3) is 0.300. The Morgan fingerprint density at radius 1 is 0.903 bits per heavy atom. The molecule has 5 nitrogen and oxygen atoms in total. The number of amides is 2. The lowest BCUT2D eigenvalue weighted by atomic mass is 10.1. The topological polar surface area (TPSA) is 67.4 Å². The van der Waals surface area contributed by atoms with Gasteiger partial charge < -0.3 is 15.4 Å². The average Bonchev–Trinajstić information content (AvgIpc) is 2.66. The number of rotatable bonds is 6. The first-order valence-electron chi connectivity index (χ1n) is 8.82. The van der Waals surface area contributed by atoms with Crippen molar-refractivity contribution in [3.63, 3.8) is 0 Å². The highest BCUT2D eigenvalue weighted by atomic mass is 19.4. The van der Waals surface area contributed by atoms with Crippen LogP contribution in [0, 0.1) is 13.8 Å². The lowest BCUT2D eigenvalue weighted by Gasteiger charge is -2.15. The Morgan fingerprint density at radius 2 is 1.48 bits per heavy atom. The maximum Gasteiger partial charge on any atom is 0.416 e. The first kappa shape index (κ1) is 24.0. The molecule has 0 unspecified atom stereocenters. The van der Waals surface area contributed by atoms with E-state index in [9.17, 15) is 35.9 Å². The van der Waals surface area contributed by atoms with Gasteiger partial charge in [-0.1, -0.05) is 12.1 Å². The number of hydrogen-bond acceptors (Lipinski definition) is 3. The molecule has 0 heterocycles. The fourth-order valence-corrected chi connectivity index (χ4v) is 2.47. The van der Waals surface area contributed by atoms with Crippen LogP contribution in [0.1, 0.15) is 22.3 Å². The second kappa shape index (κ2) is 9.27. The van der Waals surface area contributed by atoms with Crippen molar-refractivity contribution >= 4 is 17.5 Å². The van der Waals surface area contributed by atoms with E-state index >= 15 is 0 Å². The van der Waals surface area contributed by atoms with Gasteiger partial charge in [-0.15, -0.1) is 0 Å². The third-order valence-electron chi connectivity index (χ3n) is 4.26. The number of carbonyl (C=O) groups excluding carboxylic acids is 2. The van der Waals surface area contributed by atoms with Gasteiger partial charge >= 0.3 is 12.4 Å². The van der Waals surface area contributed by atoms with Crippen LogP contribution in [0.4, 0.5) is 32.0 Å². The average molecular weight is 448 g/mol. The molecule has 168 valence electrons. The zero-order chi connectivity index (χ0) is 23.4. The molecular formula is C20H18F6N2O3. The standard InChI is InChI=1S/C20H18F6N2O3/c1-11-4-3-5-16(12(11)2)28-17(29)9-27-18(30)10-31-15-7-13(19(21,22)23)6-14(8-15)20(24,25)26/h3-8H,9-10H2,1-2H3,(H,27,30)(H,28,29). The van der Waals surface area contributed by atoms with E-state index in [-0.39, 0.29) is 6.07 Å². The SMILES string of the molecule is Cc1cccc(NC(=O)CNC(=O)COc2cc(C(F)(F)F)cc(C(F)(F)F)c2)c1C. The van der Waals surface area contributed by atoms with E-state index in [0.29, 0.717) is 17.8 Å². The Labute approximate surface area is 173 Å². The molecule has 0 aliphatic carbocycles. The Balaban J connectivity index is 1.96. The molecule has 2 rings (SSSR count). The summed E-state index contributed by atoms with van der Waals surface area (Å²) in [6.45, 7) is 2.30. The second-order valence-electron chi connectivity index (χ2n) is 6.60. The molecular weight excluding hydrogens is 430 g/mol. The van der Waals surface area contributed by atoms with Crippen LogP contribution in [0.25, 0.3) is 0 Å². The van der Waals surface area contributed by atoms with Crippen molar-refractivity contribution < 1.29 is 40.7 Å². The highest BCUT2D eigenvalue weighted by Gasteiger charge is 2.37.